The summed E-state index contributed by atoms with van der Waals surface area (Å²) in [6, 6.07) is 3.37. The molecule has 0 amide bonds. The molecule has 6 heteroatoms. The van der Waals surface area contributed by atoms with Crippen molar-refractivity contribution in [1.82, 2.24) is 4.98 Å². The van der Waals surface area contributed by atoms with Crippen LogP contribution in [0.4, 0.5) is 8.78 Å². The summed E-state index contributed by atoms with van der Waals surface area (Å²) in [5, 5.41) is 8.49. The number of hydrogen-bond acceptors (Lipinski definition) is 2. The average molecular weight is 343 g/mol. The van der Waals surface area contributed by atoms with E-state index < -0.39 is 6.43 Å². The van der Waals surface area contributed by atoms with Gasteiger partial charge < -0.3 is 0 Å². The molecule has 0 unspecified atom stereocenters. The largest absolute Gasteiger partial charge is 0.280 e. The molecule has 15 heavy (non-hydrogen) atoms. The molecule has 0 spiro atoms. The van der Waals surface area contributed by atoms with E-state index in [1.54, 1.807) is 0 Å². The molecular formula is C9H6ClF2IN2. The Balaban J connectivity index is 3.26. The lowest BCUT2D eigenvalue weighted by Crippen LogP contribution is -2.03. The van der Waals surface area contributed by atoms with Crippen molar-refractivity contribution in [3.63, 3.8) is 0 Å². The van der Waals surface area contributed by atoms with Gasteiger partial charge in [-0.25, -0.2) is 13.8 Å². The Bertz CT molecular complexity index is 404. The lowest BCUT2D eigenvalue weighted by Gasteiger charge is -2.08. The highest BCUT2D eigenvalue weighted by Crippen LogP contribution is 2.25. The van der Waals surface area contributed by atoms with Crippen molar-refractivity contribution in [1.29, 1.82) is 5.26 Å². The second-order valence-corrected chi connectivity index (χ2v) is 4.16. The Morgan fingerprint density at radius 2 is 2.27 bits per heavy atom. The first-order chi connectivity index (χ1) is 7.10. The summed E-state index contributed by atoms with van der Waals surface area (Å²) in [5.41, 5.74) is 0.354. The van der Waals surface area contributed by atoms with Crippen molar-refractivity contribution < 1.29 is 8.78 Å². The van der Waals surface area contributed by atoms with E-state index in [1.807, 2.05) is 28.7 Å². The van der Waals surface area contributed by atoms with E-state index in [0.717, 1.165) is 0 Å². The van der Waals surface area contributed by atoms with E-state index in [1.165, 1.54) is 6.07 Å². The van der Waals surface area contributed by atoms with Crippen molar-refractivity contribution in [2.24, 2.45) is 0 Å². The van der Waals surface area contributed by atoms with Gasteiger partial charge in [0.2, 0.25) is 0 Å². The molecular weight excluding hydrogens is 336 g/mol. The summed E-state index contributed by atoms with van der Waals surface area (Å²) in [6.07, 6.45) is -2.74. The third-order valence-corrected chi connectivity index (χ3v) is 2.95. The molecule has 0 atom stereocenters. The molecule has 0 saturated carbocycles. The third kappa shape index (κ3) is 2.98. The van der Waals surface area contributed by atoms with Crippen molar-refractivity contribution in [3.05, 3.63) is 26.6 Å². The predicted molar refractivity (Wildman–Crippen MR) is 60.8 cm³/mol. The summed E-state index contributed by atoms with van der Waals surface area (Å²) in [6.45, 7) is 0. The van der Waals surface area contributed by atoms with Gasteiger partial charge in [-0.15, -0.1) is 11.6 Å². The van der Waals surface area contributed by atoms with Gasteiger partial charge in [0, 0.05) is 3.57 Å². The van der Waals surface area contributed by atoms with Crippen LogP contribution in [0.15, 0.2) is 6.07 Å². The highest BCUT2D eigenvalue weighted by Gasteiger charge is 2.17. The summed E-state index contributed by atoms with van der Waals surface area (Å²) < 4.78 is 25.9. The van der Waals surface area contributed by atoms with E-state index in [4.69, 9.17) is 16.9 Å². The van der Waals surface area contributed by atoms with Crippen LogP contribution >= 0.6 is 34.2 Å². The summed E-state index contributed by atoms with van der Waals surface area (Å²) in [5.74, 6) is 0.0881. The zero-order valence-electron chi connectivity index (χ0n) is 7.48. The van der Waals surface area contributed by atoms with E-state index in [-0.39, 0.29) is 23.6 Å². The van der Waals surface area contributed by atoms with E-state index in [0.29, 0.717) is 9.26 Å². The smallest absolute Gasteiger partial charge is 0.249 e. The van der Waals surface area contributed by atoms with Gasteiger partial charge >= 0.3 is 0 Å². The van der Waals surface area contributed by atoms with Crippen LogP contribution in [0, 0.1) is 14.9 Å². The van der Waals surface area contributed by atoms with Crippen LogP contribution in [0.5, 0.6) is 0 Å². The Labute approximate surface area is 104 Å². The summed E-state index contributed by atoms with van der Waals surface area (Å²) in [7, 11) is 0. The first-order valence-corrected chi connectivity index (χ1v) is 5.60. The van der Waals surface area contributed by atoms with Gasteiger partial charge in [0.05, 0.1) is 24.1 Å². The number of nitriles is 1. The molecule has 1 rings (SSSR count). The third-order valence-electron chi connectivity index (χ3n) is 1.76. The maximum absolute atomic E-state index is 12.6. The lowest BCUT2D eigenvalue weighted by molar-refractivity contribution is 0.144. The maximum atomic E-state index is 12.6. The van der Waals surface area contributed by atoms with Gasteiger partial charge in [-0.1, -0.05) is 0 Å². The number of rotatable bonds is 3. The quantitative estimate of drug-likeness (QED) is 0.623. The fourth-order valence-electron chi connectivity index (χ4n) is 1.09. The van der Waals surface area contributed by atoms with Gasteiger partial charge in [0.25, 0.3) is 6.43 Å². The van der Waals surface area contributed by atoms with Gasteiger partial charge in [0.15, 0.2) is 0 Å². The Morgan fingerprint density at radius 1 is 1.60 bits per heavy atom. The first kappa shape index (κ1) is 12.6. The Kier molecular flexibility index (Phi) is 4.67. The minimum Gasteiger partial charge on any atom is -0.249 e. The van der Waals surface area contributed by atoms with E-state index in [2.05, 4.69) is 4.98 Å². The Morgan fingerprint density at radius 3 is 2.73 bits per heavy atom. The van der Waals surface area contributed by atoms with Crippen LogP contribution in [-0.4, -0.2) is 4.98 Å². The highest BCUT2D eigenvalue weighted by molar-refractivity contribution is 14.1. The number of pyridine rings is 1. The Hall–Kier alpha value is -0.480. The second-order valence-electron chi connectivity index (χ2n) is 2.73. The molecule has 2 nitrogen and oxygen atoms in total. The van der Waals surface area contributed by atoms with Gasteiger partial charge in [-0.2, -0.15) is 5.26 Å². The average Bonchev–Trinajstić information content (AvgIpc) is 2.18. The SMILES string of the molecule is N#CCc1cc(I)c(CCl)nc1C(F)F. The predicted octanol–water partition coefficient (Wildman–Crippen LogP) is 3.43. The molecule has 1 heterocycles. The monoisotopic (exact) mass is 342 g/mol. The summed E-state index contributed by atoms with van der Waals surface area (Å²) in [4.78, 5) is 3.77. The second kappa shape index (κ2) is 5.56. The standard InChI is InChI=1S/C9H6ClF2IN2/c10-4-7-6(13)3-5(1-2-14)8(15-7)9(11)12/h3,9H,1,4H2. The minimum atomic E-state index is -2.67. The maximum Gasteiger partial charge on any atom is 0.280 e. The first-order valence-electron chi connectivity index (χ1n) is 3.99. The van der Waals surface area contributed by atoms with Gasteiger partial charge in [-0.3, -0.25) is 0 Å². The molecule has 0 fully saturated rings. The van der Waals surface area contributed by atoms with Crippen molar-refractivity contribution >= 4 is 34.2 Å². The molecule has 0 aliphatic heterocycles. The molecule has 0 bridgehead atoms. The molecule has 1 aromatic heterocycles. The number of halogens is 4. The van der Waals surface area contributed by atoms with Gasteiger partial charge in [0.1, 0.15) is 5.69 Å². The normalized spacial score (nSPS) is 10.4. The van der Waals surface area contributed by atoms with Crippen molar-refractivity contribution in [2.45, 2.75) is 18.7 Å². The summed E-state index contributed by atoms with van der Waals surface area (Å²) >= 11 is 7.53. The number of aromatic nitrogens is 1. The van der Waals surface area contributed by atoms with Crippen LogP contribution in [0.25, 0.3) is 0 Å². The van der Waals surface area contributed by atoms with Crippen LogP contribution in [0.3, 0.4) is 0 Å². The van der Waals surface area contributed by atoms with Crippen molar-refractivity contribution in [3.8, 4) is 6.07 Å². The molecule has 0 aliphatic carbocycles. The number of nitrogens with zero attached hydrogens (tertiary/aromatic N) is 2. The van der Waals surface area contributed by atoms with E-state index in [9.17, 15) is 8.78 Å². The molecule has 0 aromatic carbocycles. The molecule has 0 N–H and O–H groups in total. The van der Waals surface area contributed by atoms with Crippen LogP contribution < -0.4 is 0 Å². The minimum absolute atomic E-state index is 0.0642. The highest BCUT2D eigenvalue weighted by atomic mass is 127. The van der Waals surface area contributed by atoms with Crippen molar-refractivity contribution in [2.75, 3.05) is 0 Å². The topological polar surface area (TPSA) is 36.7 Å². The molecule has 80 valence electrons. The van der Waals surface area contributed by atoms with Crippen LogP contribution in [0.1, 0.15) is 23.4 Å². The molecule has 0 radical (unpaired) electrons. The zero-order valence-corrected chi connectivity index (χ0v) is 10.4. The fourth-order valence-corrected chi connectivity index (χ4v) is 2.21. The molecule has 1 aromatic rings. The molecule has 0 aliphatic rings. The van der Waals surface area contributed by atoms with E-state index >= 15 is 0 Å². The lowest BCUT2D eigenvalue weighted by atomic mass is 10.1. The van der Waals surface area contributed by atoms with Gasteiger partial charge in [-0.05, 0) is 34.2 Å². The number of hydrogen-bond donors (Lipinski definition) is 0. The number of alkyl halides is 3. The van der Waals surface area contributed by atoms with Crippen LogP contribution in [0.2, 0.25) is 0 Å². The van der Waals surface area contributed by atoms with Crippen LogP contribution in [-0.2, 0) is 12.3 Å². The fraction of sp³-hybridized carbons (Fsp3) is 0.333. The molecule has 0 saturated heterocycles. The zero-order chi connectivity index (χ0) is 11.4.